The third kappa shape index (κ3) is 3.94. The quantitative estimate of drug-likeness (QED) is 0.626. The van der Waals surface area contributed by atoms with Gasteiger partial charge < -0.3 is 15.3 Å². The Kier molecular flexibility index (Phi) is 5.42. The van der Waals surface area contributed by atoms with E-state index in [1.165, 1.54) is 12.8 Å². The zero-order valence-electron chi connectivity index (χ0n) is 16.2. The van der Waals surface area contributed by atoms with Crippen LogP contribution in [0.1, 0.15) is 25.7 Å². The van der Waals surface area contributed by atoms with Crippen LogP contribution in [-0.4, -0.2) is 41.2 Å². The summed E-state index contributed by atoms with van der Waals surface area (Å²) in [5.74, 6) is 0.0943. The number of aromatic nitrogens is 1. The lowest BCUT2D eigenvalue weighted by molar-refractivity contribution is 0.221. The Balaban J connectivity index is 1.61. The fraction of sp³-hybridized carbons (Fsp3) is 0.348. The highest BCUT2D eigenvalue weighted by Gasteiger charge is 2.22. The molecular formula is C23H25ClN3O. The van der Waals surface area contributed by atoms with E-state index in [0.717, 1.165) is 40.6 Å². The van der Waals surface area contributed by atoms with E-state index in [9.17, 15) is 5.11 Å². The zero-order valence-corrected chi connectivity index (χ0v) is 17.0. The number of hydrogen-bond donors (Lipinski definition) is 2. The van der Waals surface area contributed by atoms with Gasteiger partial charge in [0.05, 0.1) is 16.2 Å². The highest BCUT2D eigenvalue weighted by Crippen LogP contribution is 2.33. The Hall–Kier alpha value is -2.30. The van der Waals surface area contributed by atoms with Crippen LogP contribution < -0.4 is 5.32 Å². The number of rotatable bonds is 4. The third-order valence-electron chi connectivity index (χ3n) is 5.73. The SMILES string of the molecule is CN(C)[C@H]1CC[C@H](Nc2[c]cnc3ccc(-c4ccc(O)c(Cl)c4)cc23)CC1. The number of phenols is 1. The molecule has 1 aromatic heterocycles. The van der Waals surface area contributed by atoms with Crippen molar-refractivity contribution >= 4 is 28.2 Å². The number of nitrogens with zero attached hydrogens (tertiary/aromatic N) is 2. The molecule has 4 nitrogen and oxygen atoms in total. The molecule has 1 radical (unpaired) electrons. The van der Waals surface area contributed by atoms with Gasteiger partial charge in [0, 0.05) is 29.7 Å². The van der Waals surface area contributed by atoms with Gasteiger partial charge in [0.25, 0.3) is 0 Å². The second-order valence-electron chi connectivity index (χ2n) is 7.79. The van der Waals surface area contributed by atoms with E-state index in [0.29, 0.717) is 17.1 Å². The molecule has 2 N–H and O–H groups in total. The summed E-state index contributed by atoms with van der Waals surface area (Å²) in [6.07, 6.45) is 6.49. The maximum Gasteiger partial charge on any atom is 0.134 e. The molecule has 0 bridgehead atoms. The fourth-order valence-electron chi connectivity index (χ4n) is 4.02. The number of halogens is 1. The Morgan fingerprint density at radius 1 is 1.07 bits per heavy atom. The molecule has 1 saturated carbocycles. The van der Waals surface area contributed by atoms with Crippen LogP contribution >= 0.6 is 11.6 Å². The predicted molar refractivity (Wildman–Crippen MR) is 116 cm³/mol. The van der Waals surface area contributed by atoms with Crippen molar-refractivity contribution < 1.29 is 5.11 Å². The van der Waals surface area contributed by atoms with Crippen LogP contribution in [0, 0.1) is 6.07 Å². The molecule has 5 heteroatoms. The molecule has 0 aliphatic heterocycles. The fourth-order valence-corrected chi connectivity index (χ4v) is 4.20. The van der Waals surface area contributed by atoms with Crippen molar-refractivity contribution in [2.45, 2.75) is 37.8 Å². The van der Waals surface area contributed by atoms with Crippen molar-refractivity contribution in [3.63, 3.8) is 0 Å². The van der Waals surface area contributed by atoms with Crippen molar-refractivity contribution in [2.75, 3.05) is 19.4 Å². The molecule has 0 unspecified atom stereocenters. The van der Waals surface area contributed by atoms with E-state index in [-0.39, 0.29) is 5.75 Å². The van der Waals surface area contributed by atoms with Crippen molar-refractivity contribution in [3.8, 4) is 16.9 Å². The molecule has 0 atom stereocenters. The summed E-state index contributed by atoms with van der Waals surface area (Å²) in [6.45, 7) is 0. The lowest BCUT2D eigenvalue weighted by Crippen LogP contribution is -2.36. The molecule has 1 fully saturated rings. The molecule has 28 heavy (non-hydrogen) atoms. The summed E-state index contributed by atoms with van der Waals surface area (Å²) in [6, 6.07) is 15.9. The Bertz CT molecular complexity index is 981. The molecule has 145 valence electrons. The summed E-state index contributed by atoms with van der Waals surface area (Å²) < 4.78 is 0. The van der Waals surface area contributed by atoms with Gasteiger partial charge in [-0.05, 0) is 75.2 Å². The van der Waals surface area contributed by atoms with Crippen LogP contribution in [0.3, 0.4) is 0 Å². The van der Waals surface area contributed by atoms with Gasteiger partial charge >= 0.3 is 0 Å². The molecule has 0 saturated heterocycles. The maximum atomic E-state index is 9.68. The van der Waals surface area contributed by atoms with Gasteiger partial charge in [-0.3, -0.25) is 4.98 Å². The molecule has 1 aliphatic rings. The molecule has 1 aliphatic carbocycles. The molecule has 3 aromatic rings. The number of phenolic OH excluding ortho intramolecular Hbond substituents is 1. The Morgan fingerprint density at radius 2 is 1.79 bits per heavy atom. The first-order chi connectivity index (χ1) is 13.5. The number of hydrogen-bond acceptors (Lipinski definition) is 4. The van der Waals surface area contributed by atoms with Crippen LogP contribution in [0.2, 0.25) is 5.02 Å². The van der Waals surface area contributed by atoms with E-state index < -0.39 is 0 Å². The van der Waals surface area contributed by atoms with E-state index in [4.69, 9.17) is 11.6 Å². The first-order valence-corrected chi connectivity index (χ1v) is 10.1. The summed E-state index contributed by atoms with van der Waals surface area (Å²) >= 11 is 6.09. The van der Waals surface area contributed by atoms with E-state index in [1.807, 2.05) is 18.2 Å². The summed E-state index contributed by atoms with van der Waals surface area (Å²) in [5.41, 5.74) is 3.95. The smallest absolute Gasteiger partial charge is 0.134 e. The number of aromatic hydroxyl groups is 1. The van der Waals surface area contributed by atoms with Gasteiger partial charge in [-0.1, -0.05) is 23.7 Å². The minimum Gasteiger partial charge on any atom is -0.506 e. The van der Waals surface area contributed by atoms with Gasteiger partial charge in [0.1, 0.15) is 5.75 Å². The maximum absolute atomic E-state index is 9.68. The van der Waals surface area contributed by atoms with Crippen molar-refractivity contribution in [3.05, 3.63) is 53.7 Å². The topological polar surface area (TPSA) is 48.4 Å². The van der Waals surface area contributed by atoms with E-state index >= 15 is 0 Å². The summed E-state index contributed by atoms with van der Waals surface area (Å²) in [7, 11) is 4.33. The summed E-state index contributed by atoms with van der Waals surface area (Å²) in [4.78, 5) is 6.80. The molecule has 4 rings (SSSR count). The normalized spacial score (nSPS) is 19.9. The second-order valence-corrected chi connectivity index (χ2v) is 8.20. The van der Waals surface area contributed by atoms with Gasteiger partial charge in [-0.2, -0.15) is 0 Å². The number of anilines is 1. The average molecular weight is 395 g/mol. The van der Waals surface area contributed by atoms with Crippen LogP contribution in [0.5, 0.6) is 5.75 Å². The number of pyridine rings is 1. The minimum absolute atomic E-state index is 0.0943. The van der Waals surface area contributed by atoms with E-state index in [1.54, 1.807) is 18.3 Å². The van der Waals surface area contributed by atoms with Gasteiger partial charge in [0.2, 0.25) is 0 Å². The van der Waals surface area contributed by atoms with Crippen LogP contribution in [-0.2, 0) is 0 Å². The lowest BCUT2D eigenvalue weighted by atomic mass is 9.90. The number of benzene rings is 2. The number of nitrogens with one attached hydrogen (secondary N) is 1. The predicted octanol–water partition coefficient (Wildman–Crippen LogP) is 5.35. The first-order valence-electron chi connectivity index (χ1n) is 9.73. The summed E-state index contributed by atoms with van der Waals surface area (Å²) in [5, 5.41) is 14.8. The molecule has 2 aromatic carbocycles. The molecule has 1 heterocycles. The Labute approximate surface area is 171 Å². The van der Waals surface area contributed by atoms with Crippen LogP contribution in [0.15, 0.2) is 42.6 Å². The number of fused-ring (bicyclic) bond motifs is 1. The van der Waals surface area contributed by atoms with Crippen molar-refractivity contribution in [1.29, 1.82) is 0 Å². The largest absolute Gasteiger partial charge is 0.506 e. The van der Waals surface area contributed by atoms with E-state index in [2.05, 4.69) is 41.4 Å². The second kappa shape index (κ2) is 7.98. The highest BCUT2D eigenvalue weighted by atomic mass is 35.5. The van der Waals surface area contributed by atoms with Gasteiger partial charge in [-0.25, -0.2) is 0 Å². The average Bonchev–Trinajstić information content (AvgIpc) is 2.70. The highest BCUT2D eigenvalue weighted by molar-refractivity contribution is 6.32. The van der Waals surface area contributed by atoms with Gasteiger partial charge in [-0.15, -0.1) is 0 Å². The van der Waals surface area contributed by atoms with Crippen LogP contribution in [0.25, 0.3) is 22.0 Å². The minimum atomic E-state index is 0.0943. The first kappa shape index (κ1) is 19.0. The molecule has 0 amide bonds. The van der Waals surface area contributed by atoms with Crippen LogP contribution in [0.4, 0.5) is 5.69 Å². The Morgan fingerprint density at radius 3 is 2.50 bits per heavy atom. The monoisotopic (exact) mass is 394 g/mol. The zero-order chi connectivity index (χ0) is 19.7. The third-order valence-corrected chi connectivity index (χ3v) is 6.04. The lowest BCUT2D eigenvalue weighted by Gasteiger charge is -2.33. The van der Waals surface area contributed by atoms with Crippen molar-refractivity contribution in [2.24, 2.45) is 0 Å². The van der Waals surface area contributed by atoms with Gasteiger partial charge in [0.15, 0.2) is 0 Å². The molecular weight excluding hydrogens is 370 g/mol. The standard InChI is InChI=1S/C23H25ClN3O/c1-27(2)18-7-5-17(6-8-18)26-22-11-12-25-21-9-3-15(13-19(21)22)16-4-10-23(28)20(24)14-16/h3-4,9-10,12-14,17-18,28H,5-8H2,1-2H3,(H,25,26)/t17-,18-. The van der Waals surface area contributed by atoms with Crippen molar-refractivity contribution in [1.82, 2.24) is 9.88 Å². The molecule has 0 spiro atoms.